The zero-order valence-electron chi connectivity index (χ0n) is 13.4. The van der Waals surface area contributed by atoms with Gasteiger partial charge in [0, 0.05) is 19.3 Å². The van der Waals surface area contributed by atoms with E-state index in [9.17, 15) is 14.0 Å². The van der Waals surface area contributed by atoms with Crippen LogP contribution < -0.4 is 11.2 Å². The molecule has 2 aromatic heterocycles. The summed E-state index contributed by atoms with van der Waals surface area (Å²) in [4.78, 5) is 30.7. The Kier molecular flexibility index (Phi) is 4.57. The third-order valence-electron chi connectivity index (χ3n) is 3.68. The van der Waals surface area contributed by atoms with E-state index in [1.54, 1.807) is 13.1 Å². The summed E-state index contributed by atoms with van der Waals surface area (Å²) in [6.07, 6.45) is 0.821. The molecule has 2 heterocycles. The lowest BCUT2D eigenvalue weighted by Gasteiger charge is -2.06. The van der Waals surface area contributed by atoms with E-state index in [0.717, 1.165) is 12.0 Å². The first-order valence-corrected chi connectivity index (χ1v) is 8.56. The van der Waals surface area contributed by atoms with Gasteiger partial charge in [-0.25, -0.2) is 14.2 Å². The standard InChI is InChI=1S/C16H17FN4O2S/c1-3-7-21-12-13(20(2)15(23)19-14(12)22)18-16(21)24-9-10-5-4-6-11(17)8-10/h4-6,8H,3,7,9H2,1-2H3,(H,19,22,23). The van der Waals surface area contributed by atoms with Crippen molar-refractivity contribution in [2.75, 3.05) is 0 Å². The highest BCUT2D eigenvalue weighted by Crippen LogP contribution is 2.25. The lowest BCUT2D eigenvalue weighted by molar-refractivity contribution is 0.626. The zero-order valence-corrected chi connectivity index (χ0v) is 14.2. The number of fused-ring (bicyclic) bond motifs is 1. The summed E-state index contributed by atoms with van der Waals surface area (Å²) in [6.45, 7) is 2.62. The van der Waals surface area contributed by atoms with Gasteiger partial charge in [-0.3, -0.25) is 14.3 Å². The van der Waals surface area contributed by atoms with Gasteiger partial charge in [0.2, 0.25) is 0 Å². The van der Waals surface area contributed by atoms with Gasteiger partial charge in [0.1, 0.15) is 5.82 Å². The van der Waals surface area contributed by atoms with Crippen LogP contribution in [0.25, 0.3) is 11.2 Å². The topological polar surface area (TPSA) is 72.7 Å². The molecule has 0 fully saturated rings. The Morgan fingerprint density at radius 1 is 1.33 bits per heavy atom. The normalized spacial score (nSPS) is 11.3. The quantitative estimate of drug-likeness (QED) is 0.718. The number of imidazole rings is 1. The van der Waals surface area contributed by atoms with Crippen LogP contribution in [0.3, 0.4) is 0 Å². The van der Waals surface area contributed by atoms with E-state index in [2.05, 4.69) is 9.97 Å². The number of halogens is 1. The Balaban J connectivity index is 2.05. The summed E-state index contributed by atoms with van der Waals surface area (Å²) in [5.41, 5.74) is 0.652. The van der Waals surface area contributed by atoms with Gasteiger partial charge in [-0.2, -0.15) is 0 Å². The molecule has 3 aromatic rings. The summed E-state index contributed by atoms with van der Waals surface area (Å²) in [5, 5.41) is 0.641. The molecule has 0 bridgehead atoms. The summed E-state index contributed by atoms with van der Waals surface area (Å²) in [6, 6.07) is 6.37. The van der Waals surface area contributed by atoms with Crippen LogP contribution in [0.5, 0.6) is 0 Å². The highest BCUT2D eigenvalue weighted by atomic mass is 32.2. The minimum absolute atomic E-state index is 0.283. The maximum absolute atomic E-state index is 13.3. The van der Waals surface area contributed by atoms with Crippen LogP contribution >= 0.6 is 11.8 Å². The molecule has 0 amide bonds. The Labute approximate surface area is 141 Å². The van der Waals surface area contributed by atoms with E-state index < -0.39 is 11.2 Å². The molecular formula is C16H17FN4O2S. The third kappa shape index (κ3) is 3.01. The molecule has 1 aromatic carbocycles. The number of rotatable bonds is 5. The van der Waals surface area contributed by atoms with E-state index in [1.807, 2.05) is 17.6 Å². The maximum Gasteiger partial charge on any atom is 0.329 e. The van der Waals surface area contributed by atoms with Gasteiger partial charge in [0.25, 0.3) is 5.56 Å². The fourth-order valence-corrected chi connectivity index (χ4v) is 3.50. The minimum Gasteiger partial charge on any atom is -0.313 e. The molecule has 8 heteroatoms. The van der Waals surface area contributed by atoms with Crippen molar-refractivity contribution in [3.63, 3.8) is 0 Å². The average Bonchev–Trinajstić information content (AvgIpc) is 2.90. The zero-order chi connectivity index (χ0) is 17.3. The van der Waals surface area contributed by atoms with Crippen molar-refractivity contribution in [2.24, 2.45) is 7.05 Å². The van der Waals surface area contributed by atoms with Gasteiger partial charge in [-0.05, 0) is 24.1 Å². The van der Waals surface area contributed by atoms with Crippen molar-refractivity contribution < 1.29 is 4.39 Å². The first-order chi connectivity index (χ1) is 11.5. The molecular weight excluding hydrogens is 331 g/mol. The predicted molar refractivity (Wildman–Crippen MR) is 91.8 cm³/mol. The summed E-state index contributed by atoms with van der Waals surface area (Å²) in [5.74, 6) is 0.241. The Hall–Kier alpha value is -2.35. The number of H-pyrrole nitrogens is 1. The number of aromatic amines is 1. The van der Waals surface area contributed by atoms with Crippen LogP contribution in [0.1, 0.15) is 18.9 Å². The van der Waals surface area contributed by atoms with Gasteiger partial charge in [0.15, 0.2) is 16.3 Å². The molecule has 24 heavy (non-hydrogen) atoms. The van der Waals surface area contributed by atoms with E-state index in [1.165, 1.54) is 28.5 Å². The largest absolute Gasteiger partial charge is 0.329 e. The fourth-order valence-electron chi connectivity index (χ4n) is 2.53. The van der Waals surface area contributed by atoms with E-state index in [0.29, 0.717) is 28.6 Å². The molecule has 3 rings (SSSR count). The Bertz CT molecular complexity index is 1010. The number of nitrogens with one attached hydrogen (secondary N) is 1. The number of benzene rings is 1. The summed E-state index contributed by atoms with van der Waals surface area (Å²) in [7, 11) is 1.57. The number of thioether (sulfide) groups is 1. The van der Waals surface area contributed by atoms with Crippen LogP contribution in [-0.4, -0.2) is 19.1 Å². The molecule has 0 aliphatic heterocycles. The van der Waals surface area contributed by atoms with Crippen molar-refractivity contribution >= 4 is 22.9 Å². The average molecular weight is 348 g/mol. The lowest BCUT2D eigenvalue weighted by atomic mass is 10.2. The summed E-state index contributed by atoms with van der Waals surface area (Å²) < 4.78 is 16.4. The molecule has 0 aliphatic carbocycles. The van der Waals surface area contributed by atoms with Gasteiger partial charge in [-0.15, -0.1) is 0 Å². The fraction of sp³-hybridized carbons (Fsp3) is 0.312. The number of hydrogen-bond acceptors (Lipinski definition) is 4. The molecule has 1 N–H and O–H groups in total. The molecule has 0 saturated carbocycles. The van der Waals surface area contributed by atoms with Crippen molar-refractivity contribution in [3.8, 4) is 0 Å². The highest BCUT2D eigenvalue weighted by molar-refractivity contribution is 7.98. The molecule has 0 atom stereocenters. The second-order valence-electron chi connectivity index (χ2n) is 5.46. The second kappa shape index (κ2) is 6.64. The van der Waals surface area contributed by atoms with E-state index >= 15 is 0 Å². The van der Waals surface area contributed by atoms with Gasteiger partial charge in [0.05, 0.1) is 0 Å². The number of aromatic nitrogens is 4. The lowest BCUT2D eigenvalue weighted by Crippen LogP contribution is -2.29. The number of hydrogen-bond donors (Lipinski definition) is 1. The molecule has 6 nitrogen and oxygen atoms in total. The molecule has 0 saturated heterocycles. The van der Waals surface area contributed by atoms with Crippen LogP contribution in [-0.2, 0) is 19.3 Å². The smallest absolute Gasteiger partial charge is 0.313 e. The van der Waals surface area contributed by atoms with Gasteiger partial charge in [-0.1, -0.05) is 30.8 Å². The predicted octanol–water partition coefficient (Wildman–Crippen LogP) is 2.26. The van der Waals surface area contributed by atoms with Gasteiger partial charge >= 0.3 is 5.69 Å². The summed E-state index contributed by atoms with van der Waals surface area (Å²) >= 11 is 1.41. The number of nitrogens with zero attached hydrogens (tertiary/aromatic N) is 3. The molecule has 0 radical (unpaired) electrons. The SMILES string of the molecule is CCCn1c(SCc2cccc(F)c2)nc2c1c(=O)[nH]c(=O)n2C. The number of aryl methyl sites for hydroxylation is 2. The van der Waals surface area contributed by atoms with Crippen molar-refractivity contribution in [1.29, 1.82) is 0 Å². The van der Waals surface area contributed by atoms with Crippen LogP contribution in [0, 0.1) is 5.82 Å². The first kappa shape index (κ1) is 16.5. The Morgan fingerprint density at radius 3 is 2.83 bits per heavy atom. The maximum atomic E-state index is 13.3. The Morgan fingerprint density at radius 2 is 2.12 bits per heavy atom. The molecule has 0 spiro atoms. The second-order valence-corrected chi connectivity index (χ2v) is 6.40. The van der Waals surface area contributed by atoms with Crippen LogP contribution in [0.4, 0.5) is 4.39 Å². The third-order valence-corrected chi connectivity index (χ3v) is 4.72. The molecule has 126 valence electrons. The highest BCUT2D eigenvalue weighted by Gasteiger charge is 2.17. The van der Waals surface area contributed by atoms with Gasteiger partial charge < -0.3 is 4.57 Å². The van der Waals surface area contributed by atoms with Crippen molar-refractivity contribution in [3.05, 3.63) is 56.5 Å². The molecule has 0 unspecified atom stereocenters. The minimum atomic E-state index is -0.490. The van der Waals surface area contributed by atoms with Crippen molar-refractivity contribution in [2.45, 2.75) is 30.8 Å². The van der Waals surface area contributed by atoms with E-state index in [4.69, 9.17) is 0 Å². The van der Waals surface area contributed by atoms with Crippen molar-refractivity contribution in [1.82, 2.24) is 19.1 Å². The first-order valence-electron chi connectivity index (χ1n) is 7.58. The monoisotopic (exact) mass is 348 g/mol. The van der Waals surface area contributed by atoms with Crippen LogP contribution in [0.15, 0.2) is 39.0 Å². The van der Waals surface area contributed by atoms with E-state index in [-0.39, 0.29) is 5.82 Å². The molecule has 0 aliphatic rings. The van der Waals surface area contributed by atoms with Crippen LogP contribution in [0.2, 0.25) is 0 Å².